The van der Waals surface area contributed by atoms with E-state index in [9.17, 15) is 14.4 Å². The second-order valence-electron chi connectivity index (χ2n) is 7.82. The van der Waals surface area contributed by atoms with Gasteiger partial charge in [-0.15, -0.1) is 11.3 Å². The van der Waals surface area contributed by atoms with Gasteiger partial charge in [-0.25, -0.2) is 4.79 Å². The summed E-state index contributed by atoms with van der Waals surface area (Å²) >= 11 is 1.55. The number of thiophene rings is 1. The number of nitrogen functional groups attached to an aromatic ring is 1. The van der Waals surface area contributed by atoms with Gasteiger partial charge in [-0.1, -0.05) is 36.4 Å². The maximum atomic E-state index is 13.7. The van der Waals surface area contributed by atoms with Crippen LogP contribution in [0.15, 0.2) is 69.6 Å². The highest BCUT2D eigenvalue weighted by molar-refractivity contribution is 7.13. The van der Waals surface area contributed by atoms with Gasteiger partial charge in [-0.2, -0.15) is 0 Å². The lowest BCUT2D eigenvalue weighted by Gasteiger charge is -2.25. The van der Waals surface area contributed by atoms with Crippen molar-refractivity contribution >= 4 is 28.7 Å². The van der Waals surface area contributed by atoms with Gasteiger partial charge in [-0.3, -0.25) is 29.0 Å². The Labute approximate surface area is 205 Å². The Balaban J connectivity index is 1.77. The van der Waals surface area contributed by atoms with E-state index in [0.717, 1.165) is 16.1 Å². The molecule has 3 heterocycles. The van der Waals surface area contributed by atoms with E-state index in [2.05, 4.69) is 9.97 Å². The number of pyridine rings is 1. The molecule has 0 atom stereocenters. The molecule has 0 fully saturated rings. The average molecular weight is 492 g/mol. The molecule has 10 heteroatoms. The van der Waals surface area contributed by atoms with Gasteiger partial charge in [0.15, 0.2) is 5.69 Å². The predicted octanol–water partition coefficient (Wildman–Crippen LogP) is 2.89. The first-order valence-electron chi connectivity index (χ1n) is 10.9. The molecule has 4 rings (SSSR count). The summed E-state index contributed by atoms with van der Waals surface area (Å²) in [5, 5.41) is 1.96. The predicted molar refractivity (Wildman–Crippen MR) is 137 cm³/mol. The molecule has 0 aliphatic rings. The maximum Gasteiger partial charge on any atom is 0.330 e. The van der Waals surface area contributed by atoms with Gasteiger partial charge in [0.2, 0.25) is 0 Å². The van der Waals surface area contributed by atoms with Gasteiger partial charge < -0.3 is 10.5 Å². The topological polar surface area (TPSA) is 123 Å². The third-order valence-corrected chi connectivity index (χ3v) is 6.41. The normalized spacial score (nSPS) is 10.9. The maximum absolute atomic E-state index is 13.7. The standard InChI is InChI=1S/C25H25N5O4S/c1-16-18(10-11-19(27-16)20-9-6-14-35-20)24(32)29(12-13-34-2)21-22(26)30(25(33)28-23(21)31)15-17-7-4-3-5-8-17/h3-11,14H,12-13,15,26H2,1-2H3,(H,28,31,33). The van der Waals surface area contributed by atoms with E-state index < -0.39 is 17.2 Å². The van der Waals surface area contributed by atoms with E-state index in [-0.39, 0.29) is 31.2 Å². The lowest BCUT2D eigenvalue weighted by Crippen LogP contribution is -2.42. The summed E-state index contributed by atoms with van der Waals surface area (Å²) in [4.78, 5) is 48.3. The van der Waals surface area contributed by atoms with Crippen molar-refractivity contribution in [3.63, 3.8) is 0 Å². The first kappa shape index (κ1) is 24.1. The fraction of sp³-hybridized carbons (Fsp3) is 0.200. The molecule has 0 saturated heterocycles. The fourth-order valence-electron chi connectivity index (χ4n) is 3.75. The third kappa shape index (κ3) is 5.08. The van der Waals surface area contributed by atoms with Gasteiger partial charge in [0.05, 0.1) is 35.0 Å². The quantitative estimate of drug-likeness (QED) is 0.391. The zero-order valence-electron chi connectivity index (χ0n) is 19.4. The molecule has 0 unspecified atom stereocenters. The van der Waals surface area contributed by atoms with E-state index in [1.165, 1.54) is 16.6 Å². The Morgan fingerprint density at radius 1 is 1.14 bits per heavy atom. The number of aryl methyl sites for hydroxylation is 1. The number of hydrogen-bond acceptors (Lipinski definition) is 7. The number of ether oxygens (including phenoxy) is 1. The molecule has 35 heavy (non-hydrogen) atoms. The van der Waals surface area contributed by atoms with Crippen molar-refractivity contribution in [3.8, 4) is 10.6 Å². The highest BCUT2D eigenvalue weighted by Gasteiger charge is 2.26. The number of aromatic amines is 1. The average Bonchev–Trinajstić information content (AvgIpc) is 3.39. The molecule has 0 bridgehead atoms. The van der Waals surface area contributed by atoms with Crippen molar-refractivity contribution in [2.45, 2.75) is 13.5 Å². The van der Waals surface area contributed by atoms with Crippen LogP contribution in [0.4, 0.5) is 11.5 Å². The number of carbonyl (C=O) groups excluding carboxylic acids is 1. The molecule has 0 spiro atoms. The highest BCUT2D eigenvalue weighted by atomic mass is 32.1. The van der Waals surface area contributed by atoms with E-state index in [0.29, 0.717) is 11.3 Å². The Kier molecular flexibility index (Phi) is 7.23. The number of methoxy groups -OCH3 is 1. The molecule has 9 nitrogen and oxygen atoms in total. The smallest absolute Gasteiger partial charge is 0.330 e. The number of nitrogens with two attached hydrogens (primary N) is 1. The fourth-order valence-corrected chi connectivity index (χ4v) is 4.45. The minimum absolute atomic E-state index is 0.0538. The number of nitrogens with zero attached hydrogens (tertiary/aromatic N) is 3. The Morgan fingerprint density at radius 2 is 1.91 bits per heavy atom. The first-order valence-corrected chi connectivity index (χ1v) is 11.8. The van der Waals surface area contributed by atoms with Crippen LogP contribution in [0.5, 0.6) is 0 Å². The SMILES string of the molecule is COCCN(C(=O)c1ccc(-c2cccs2)nc1C)c1c(N)n(Cc2ccccc2)c(=O)[nH]c1=O. The molecular formula is C25H25N5O4S. The van der Waals surface area contributed by atoms with Crippen molar-refractivity contribution in [2.75, 3.05) is 30.9 Å². The van der Waals surface area contributed by atoms with Crippen molar-refractivity contribution in [2.24, 2.45) is 0 Å². The third-order valence-electron chi connectivity index (χ3n) is 5.52. The number of anilines is 2. The van der Waals surface area contributed by atoms with Crippen LogP contribution in [0, 0.1) is 6.92 Å². The number of H-pyrrole nitrogens is 1. The van der Waals surface area contributed by atoms with Gasteiger partial charge in [0.1, 0.15) is 5.82 Å². The molecule has 3 N–H and O–H groups in total. The van der Waals surface area contributed by atoms with Gasteiger partial charge in [0, 0.05) is 13.7 Å². The monoisotopic (exact) mass is 491 g/mol. The molecule has 4 aromatic rings. The second kappa shape index (κ2) is 10.5. The minimum Gasteiger partial charge on any atom is -0.383 e. The number of rotatable bonds is 8. The molecule has 1 amide bonds. The summed E-state index contributed by atoms with van der Waals surface area (Å²) in [7, 11) is 1.50. The van der Waals surface area contributed by atoms with Crippen LogP contribution >= 0.6 is 11.3 Å². The molecule has 0 aliphatic heterocycles. The number of aromatic nitrogens is 3. The Morgan fingerprint density at radius 3 is 2.57 bits per heavy atom. The number of carbonyl (C=O) groups is 1. The van der Waals surface area contributed by atoms with Crippen molar-refractivity contribution < 1.29 is 9.53 Å². The number of hydrogen-bond donors (Lipinski definition) is 2. The molecule has 0 aliphatic carbocycles. The van der Waals surface area contributed by atoms with Crippen molar-refractivity contribution in [1.82, 2.24) is 14.5 Å². The Hall–Kier alpha value is -4.02. The van der Waals surface area contributed by atoms with Crippen molar-refractivity contribution in [3.05, 3.63) is 97.6 Å². The largest absolute Gasteiger partial charge is 0.383 e. The molecule has 0 saturated carbocycles. The lowest BCUT2D eigenvalue weighted by molar-refractivity contribution is 0.0974. The zero-order valence-corrected chi connectivity index (χ0v) is 20.2. The van der Waals surface area contributed by atoms with Crippen LogP contribution in [0.2, 0.25) is 0 Å². The van der Waals surface area contributed by atoms with E-state index in [1.54, 1.807) is 30.4 Å². The summed E-state index contributed by atoms with van der Waals surface area (Å²) in [5.74, 6) is -0.570. The van der Waals surface area contributed by atoms with Crippen LogP contribution in [0.25, 0.3) is 10.6 Å². The summed E-state index contributed by atoms with van der Waals surface area (Å²) in [6, 6.07) is 16.6. The number of amides is 1. The summed E-state index contributed by atoms with van der Waals surface area (Å²) in [5.41, 5.74) is 7.24. The summed E-state index contributed by atoms with van der Waals surface area (Å²) in [6.07, 6.45) is 0. The second-order valence-corrected chi connectivity index (χ2v) is 8.77. The van der Waals surface area contributed by atoms with Gasteiger partial charge in [-0.05, 0) is 36.1 Å². The highest BCUT2D eigenvalue weighted by Crippen LogP contribution is 2.26. The van der Waals surface area contributed by atoms with Crippen LogP contribution in [-0.2, 0) is 11.3 Å². The van der Waals surface area contributed by atoms with E-state index >= 15 is 0 Å². The number of nitrogens with one attached hydrogen (secondary N) is 1. The lowest BCUT2D eigenvalue weighted by atomic mass is 10.1. The minimum atomic E-state index is -0.748. The first-order chi connectivity index (χ1) is 16.9. The molecular weight excluding hydrogens is 466 g/mol. The van der Waals surface area contributed by atoms with Gasteiger partial charge in [0.25, 0.3) is 11.5 Å². The molecule has 180 valence electrons. The van der Waals surface area contributed by atoms with E-state index in [4.69, 9.17) is 10.5 Å². The summed E-state index contributed by atoms with van der Waals surface area (Å²) < 4.78 is 6.42. The summed E-state index contributed by atoms with van der Waals surface area (Å²) in [6.45, 7) is 2.08. The van der Waals surface area contributed by atoms with Gasteiger partial charge >= 0.3 is 5.69 Å². The zero-order chi connectivity index (χ0) is 24.9. The van der Waals surface area contributed by atoms with Crippen LogP contribution in [0.1, 0.15) is 21.6 Å². The molecule has 3 aromatic heterocycles. The van der Waals surface area contributed by atoms with Crippen LogP contribution < -0.4 is 21.9 Å². The molecule has 0 radical (unpaired) electrons. The number of benzene rings is 1. The van der Waals surface area contributed by atoms with Crippen molar-refractivity contribution in [1.29, 1.82) is 0 Å². The Bertz CT molecular complexity index is 1450. The molecule has 1 aromatic carbocycles. The van der Waals surface area contributed by atoms with E-state index in [1.807, 2.05) is 47.8 Å². The van der Waals surface area contributed by atoms with Crippen LogP contribution in [-0.4, -0.2) is 40.7 Å². The van der Waals surface area contributed by atoms with Crippen LogP contribution in [0.3, 0.4) is 0 Å².